The van der Waals surface area contributed by atoms with E-state index in [1.54, 1.807) is 17.5 Å². The predicted octanol–water partition coefficient (Wildman–Crippen LogP) is 3.88. The summed E-state index contributed by atoms with van der Waals surface area (Å²) < 4.78 is 5.60. The molecule has 0 amide bonds. The summed E-state index contributed by atoms with van der Waals surface area (Å²) in [5.74, 6) is 0.781. The molecular weight excluding hydrogens is 356 g/mol. The second kappa shape index (κ2) is 6.81. The highest BCUT2D eigenvalue weighted by Gasteiger charge is 2.15. The van der Waals surface area contributed by atoms with Crippen molar-refractivity contribution in [1.82, 2.24) is 20.2 Å². The summed E-state index contributed by atoms with van der Waals surface area (Å²) in [6, 6.07) is 7.74. The third kappa shape index (κ3) is 3.49. The Bertz CT molecular complexity index is 1030. The van der Waals surface area contributed by atoms with Crippen molar-refractivity contribution in [2.75, 3.05) is 5.75 Å². The van der Waals surface area contributed by atoms with Gasteiger partial charge in [-0.05, 0) is 13.0 Å². The quantitative estimate of drug-likeness (QED) is 0.409. The Balaban J connectivity index is 1.40. The molecule has 0 bridgehead atoms. The van der Waals surface area contributed by atoms with Crippen LogP contribution in [0.15, 0.2) is 45.5 Å². The Hall–Kier alpha value is -2.45. The summed E-state index contributed by atoms with van der Waals surface area (Å²) in [7, 11) is 0. The van der Waals surface area contributed by atoms with Gasteiger partial charge in [0, 0.05) is 28.0 Å². The lowest BCUT2D eigenvalue weighted by Gasteiger charge is -1.97. The number of hydrogen-bond acceptors (Lipinski definition) is 7. The number of thiazole rings is 1. The zero-order valence-electron chi connectivity index (χ0n) is 13.4. The maximum Gasteiger partial charge on any atom is 0.277 e. The lowest BCUT2D eigenvalue weighted by Crippen LogP contribution is -2.01. The number of thioether (sulfide) groups is 1. The third-order valence-corrected chi connectivity index (χ3v) is 5.30. The number of carbonyl (C=O) groups is 1. The SMILES string of the molecule is Cc1nc(Cc2nnc(SCC(=O)c3c[nH]c4ccccc34)o2)cs1. The van der Waals surface area contributed by atoms with Gasteiger partial charge in [0.1, 0.15) is 0 Å². The molecule has 0 spiro atoms. The van der Waals surface area contributed by atoms with Crippen LogP contribution in [0.3, 0.4) is 0 Å². The molecule has 3 aromatic heterocycles. The molecule has 0 radical (unpaired) electrons. The summed E-state index contributed by atoms with van der Waals surface area (Å²) in [5.41, 5.74) is 2.55. The van der Waals surface area contributed by atoms with E-state index in [9.17, 15) is 4.79 Å². The molecule has 0 aliphatic carbocycles. The number of benzene rings is 1. The first kappa shape index (κ1) is 16.0. The van der Waals surface area contributed by atoms with Gasteiger partial charge >= 0.3 is 0 Å². The lowest BCUT2D eigenvalue weighted by atomic mass is 10.1. The van der Waals surface area contributed by atoms with Crippen LogP contribution in [-0.2, 0) is 6.42 Å². The van der Waals surface area contributed by atoms with Gasteiger partial charge in [0.15, 0.2) is 5.78 Å². The van der Waals surface area contributed by atoms with Crippen LogP contribution in [0.4, 0.5) is 0 Å². The first-order chi connectivity index (χ1) is 12.2. The molecule has 126 valence electrons. The van der Waals surface area contributed by atoms with E-state index in [1.807, 2.05) is 36.6 Å². The Morgan fingerprint density at radius 1 is 1.32 bits per heavy atom. The highest BCUT2D eigenvalue weighted by Crippen LogP contribution is 2.23. The predicted molar refractivity (Wildman–Crippen MR) is 97.3 cm³/mol. The van der Waals surface area contributed by atoms with Crippen LogP contribution in [0, 0.1) is 6.92 Å². The molecule has 4 rings (SSSR count). The van der Waals surface area contributed by atoms with Gasteiger partial charge in [0.25, 0.3) is 5.22 Å². The van der Waals surface area contributed by atoms with Gasteiger partial charge in [-0.2, -0.15) is 0 Å². The second-order valence-electron chi connectivity index (χ2n) is 5.46. The van der Waals surface area contributed by atoms with E-state index >= 15 is 0 Å². The van der Waals surface area contributed by atoms with Gasteiger partial charge in [0.05, 0.1) is 22.9 Å². The molecule has 4 aromatic rings. The Labute approximate surface area is 151 Å². The summed E-state index contributed by atoms with van der Waals surface area (Å²) in [6.07, 6.45) is 2.26. The standard InChI is InChI=1S/C17H14N4O2S2/c1-10-19-11(8-24-10)6-16-20-21-17(23-16)25-9-15(22)13-7-18-14-5-3-2-4-12(13)14/h2-5,7-8,18H,6,9H2,1H3. The third-order valence-electron chi connectivity index (χ3n) is 3.66. The number of para-hydroxylation sites is 1. The van der Waals surface area contributed by atoms with Crippen molar-refractivity contribution in [3.8, 4) is 0 Å². The number of rotatable bonds is 6. The van der Waals surface area contributed by atoms with Gasteiger partial charge in [-0.15, -0.1) is 21.5 Å². The van der Waals surface area contributed by atoms with E-state index in [4.69, 9.17) is 4.42 Å². The molecule has 0 saturated heterocycles. The number of nitrogens with zero attached hydrogens (tertiary/aromatic N) is 3. The van der Waals surface area contributed by atoms with Crippen LogP contribution < -0.4 is 0 Å². The van der Waals surface area contributed by atoms with Crippen LogP contribution in [0.25, 0.3) is 10.9 Å². The topological polar surface area (TPSA) is 84.7 Å². The maximum atomic E-state index is 12.5. The molecule has 0 fully saturated rings. The first-order valence-corrected chi connectivity index (χ1v) is 9.51. The zero-order valence-corrected chi connectivity index (χ0v) is 15.0. The van der Waals surface area contributed by atoms with E-state index in [-0.39, 0.29) is 11.5 Å². The number of aromatic nitrogens is 4. The van der Waals surface area contributed by atoms with Crippen LogP contribution in [0.5, 0.6) is 0 Å². The number of hydrogen-bond donors (Lipinski definition) is 1. The molecule has 0 aliphatic heterocycles. The van der Waals surface area contributed by atoms with Crippen molar-refractivity contribution < 1.29 is 9.21 Å². The number of ketones is 1. The number of nitrogens with one attached hydrogen (secondary N) is 1. The minimum Gasteiger partial charge on any atom is -0.416 e. The summed E-state index contributed by atoms with van der Waals surface area (Å²) in [4.78, 5) is 19.9. The van der Waals surface area contributed by atoms with Crippen molar-refractivity contribution in [3.63, 3.8) is 0 Å². The molecule has 3 heterocycles. The molecule has 1 N–H and O–H groups in total. The summed E-state index contributed by atoms with van der Waals surface area (Å²) in [5, 5.41) is 12.3. The average molecular weight is 370 g/mol. The Morgan fingerprint density at radius 3 is 3.04 bits per heavy atom. The summed E-state index contributed by atoms with van der Waals surface area (Å²) in [6.45, 7) is 1.96. The fourth-order valence-corrected chi connectivity index (χ4v) is 3.80. The molecule has 0 atom stereocenters. The smallest absolute Gasteiger partial charge is 0.277 e. The fraction of sp³-hybridized carbons (Fsp3) is 0.176. The molecule has 0 aliphatic rings. The van der Waals surface area contributed by atoms with E-state index in [1.165, 1.54) is 11.8 Å². The van der Waals surface area contributed by atoms with Gasteiger partial charge in [0.2, 0.25) is 5.89 Å². The van der Waals surface area contributed by atoms with Crippen molar-refractivity contribution in [3.05, 3.63) is 58.0 Å². The summed E-state index contributed by atoms with van der Waals surface area (Å²) >= 11 is 2.84. The van der Waals surface area contributed by atoms with Crippen molar-refractivity contribution >= 4 is 39.8 Å². The second-order valence-corrected chi connectivity index (χ2v) is 7.44. The average Bonchev–Trinajstić information content (AvgIpc) is 3.33. The van der Waals surface area contributed by atoms with Crippen LogP contribution in [-0.4, -0.2) is 31.7 Å². The van der Waals surface area contributed by atoms with Gasteiger partial charge < -0.3 is 9.40 Å². The number of aromatic amines is 1. The monoisotopic (exact) mass is 370 g/mol. The maximum absolute atomic E-state index is 12.5. The minimum atomic E-state index is 0.0253. The van der Waals surface area contributed by atoms with Crippen molar-refractivity contribution in [1.29, 1.82) is 0 Å². The molecule has 6 nitrogen and oxygen atoms in total. The number of H-pyrrole nitrogens is 1. The van der Waals surface area contributed by atoms with Crippen LogP contribution in [0.1, 0.15) is 27.0 Å². The number of carbonyl (C=O) groups excluding carboxylic acids is 1. The molecule has 8 heteroatoms. The van der Waals surface area contributed by atoms with E-state index in [0.717, 1.165) is 21.6 Å². The van der Waals surface area contributed by atoms with E-state index in [0.29, 0.717) is 23.1 Å². The largest absolute Gasteiger partial charge is 0.416 e. The molecule has 0 saturated carbocycles. The van der Waals surface area contributed by atoms with Crippen molar-refractivity contribution in [2.45, 2.75) is 18.6 Å². The normalized spacial score (nSPS) is 11.2. The minimum absolute atomic E-state index is 0.0253. The molecule has 1 aromatic carbocycles. The molecule has 0 unspecified atom stereocenters. The Kier molecular flexibility index (Phi) is 4.37. The van der Waals surface area contributed by atoms with Crippen LogP contribution in [0.2, 0.25) is 0 Å². The number of aryl methyl sites for hydroxylation is 1. The molecule has 25 heavy (non-hydrogen) atoms. The highest BCUT2D eigenvalue weighted by atomic mass is 32.2. The number of Topliss-reactive ketones (excluding diaryl/α,β-unsaturated/α-hetero) is 1. The van der Waals surface area contributed by atoms with Crippen molar-refractivity contribution in [2.24, 2.45) is 0 Å². The fourth-order valence-electron chi connectivity index (χ4n) is 2.52. The van der Waals surface area contributed by atoms with E-state index in [2.05, 4.69) is 20.2 Å². The Morgan fingerprint density at radius 2 is 2.20 bits per heavy atom. The van der Waals surface area contributed by atoms with Gasteiger partial charge in [-0.25, -0.2) is 4.98 Å². The zero-order chi connectivity index (χ0) is 17.2. The first-order valence-electron chi connectivity index (χ1n) is 7.64. The van der Waals surface area contributed by atoms with Gasteiger partial charge in [-0.1, -0.05) is 30.0 Å². The van der Waals surface area contributed by atoms with Crippen LogP contribution >= 0.6 is 23.1 Å². The number of fused-ring (bicyclic) bond motifs is 1. The van der Waals surface area contributed by atoms with E-state index < -0.39 is 0 Å². The molecular formula is C17H14N4O2S2. The highest BCUT2D eigenvalue weighted by molar-refractivity contribution is 7.99. The van der Waals surface area contributed by atoms with Gasteiger partial charge in [-0.3, -0.25) is 4.79 Å². The lowest BCUT2D eigenvalue weighted by molar-refractivity contribution is 0.102.